The van der Waals surface area contributed by atoms with Crippen molar-refractivity contribution in [2.45, 2.75) is 105 Å². The predicted molar refractivity (Wildman–Crippen MR) is 155 cm³/mol. The van der Waals surface area contributed by atoms with E-state index in [0.29, 0.717) is 17.8 Å². The molecular weight excluding hydrogens is 488 g/mol. The van der Waals surface area contributed by atoms with Crippen molar-refractivity contribution in [1.29, 1.82) is 0 Å². The van der Waals surface area contributed by atoms with Crippen molar-refractivity contribution in [3.05, 3.63) is 32.6 Å². The van der Waals surface area contributed by atoms with Gasteiger partial charge in [0.2, 0.25) is 0 Å². The summed E-state index contributed by atoms with van der Waals surface area (Å²) in [5, 5.41) is 11.8. The van der Waals surface area contributed by atoms with Crippen LogP contribution in [0.1, 0.15) is 137 Å². The fraction of sp³-hybridized carbons (Fsp3) is 0.667. The average Bonchev–Trinajstić information content (AvgIpc) is 3.51. The van der Waals surface area contributed by atoms with Gasteiger partial charge in [-0.15, -0.1) is 0 Å². The lowest BCUT2D eigenvalue weighted by atomic mass is 10.0. The molecule has 0 aliphatic carbocycles. The highest BCUT2D eigenvalue weighted by molar-refractivity contribution is 7.06. The smallest absolute Gasteiger partial charge is 0.164 e. The molecule has 0 aliphatic rings. The Morgan fingerprint density at radius 2 is 1.19 bits per heavy atom. The number of anilines is 3. The van der Waals surface area contributed by atoms with Crippen LogP contribution in [0.25, 0.3) is 0 Å². The van der Waals surface area contributed by atoms with Crippen molar-refractivity contribution in [3.63, 3.8) is 0 Å². The van der Waals surface area contributed by atoms with Gasteiger partial charge in [-0.25, -0.2) is 0 Å². The number of nitrogen functional groups attached to an aromatic ring is 1. The van der Waals surface area contributed by atoms with Gasteiger partial charge in [-0.05, 0) is 40.8 Å². The third kappa shape index (κ3) is 6.05. The van der Waals surface area contributed by atoms with E-state index in [1.54, 1.807) is 11.5 Å². The van der Waals surface area contributed by atoms with Crippen molar-refractivity contribution in [3.8, 4) is 0 Å². The molecule has 0 bridgehead atoms. The molecule has 200 valence electrons. The summed E-state index contributed by atoms with van der Waals surface area (Å²) in [5.74, 6) is 2.63. The lowest BCUT2D eigenvalue weighted by molar-refractivity contribution is 0.362. The highest BCUT2D eigenvalue weighted by atomic mass is 32.1. The zero-order chi connectivity index (χ0) is 26.7. The molecule has 0 fully saturated rings. The number of nitrogens with one attached hydrogen (secondary N) is 2. The van der Waals surface area contributed by atoms with Crippen molar-refractivity contribution < 1.29 is 4.52 Å². The highest BCUT2D eigenvalue weighted by Gasteiger charge is 2.26. The molecule has 0 aliphatic heterocycles. The maximum atomic E-state index is 6.44. The molecule has 0 radical (unpaired) electrons. The number of nitrogens with two attached hydrogens (primary N) is 1. The molecule has 0 amide bonds. The van der Waals surface area contributed by atoms with Gasteiger partial charge in [0.1, 0.15) is 11.4 Å². The van der Waals surface area contributed by atoms with E-state index in [1.807, 2.05) is 0 Å². The molecule has 2 unspecified atom stereocenters. The first kappa shape index (κ1) is 28.4. The Balaban J connectivity index is 1.78. The van der Waals surface area contributed by atoms with Crippen LogP contribution in [0.2, 0.25) is 0 Å². The molecule has 0 saturated heterocycles. The fourth-order valence-corrected chi connectivity index (χ4v) is 6.25. The third-order valence-corrected chi connectivity index (χ3v) is 8.77. The summed E-state index contributed by atoms with van der Waals surface area (Å²) in [6, 6.07) is 0. The maximum Gasteiger partial charge on any atom is 0.164 e. The first-order valence-corrected chi connectivity index (χ1v) is 14.7. The molecule has 0 saturated carbocycles. The van der Waals surface area contributed by atoms with Gasteiger partial charge in [0.25, 0.3) is 0 Å². The minimum absolute atomic E-state index is 0.128. The van der Waals surface area contributed by atoms with Gasteiger partial charge in [-0.1, -0.05) is 74.4 Å². The largest absolute Gasteiger partial charge is 0.396 e. The van der Waals surface area contributed by atoms with E-state index in [-0.39, 0.29) is 17.8 Å². The third-order valence-electron chi connectivity index (χ3n) is 6.50. The van der Waals surface area contributed by atoms with Crippen LogP contribution in [0.3, 0.4) is 0 Å². The van der Waals surface area contributed by atoms with E-state index >= 15 is 0 Å². The Hall–Kier alpha value is -2.13. The van der Waals surface area contributed by atoms with Crippen LogP contribution < -0.4 is 16.4 Å². The van der Waals surface area contributed by atoms with Crippen LogP contribution in [-0.2, 0) is 0 Å². The average molecular weight is 533 g/mol. The van der Waals surface area contributed by atoms with Crippen LogP contribution >= 0.6 is 23.1 Å². The van der Waals surface area contributed by atoms with Crippen molar-refractivity contribution >= 4 is 40.1 Å². The lowest BCUT2D eigenvalue weighted by Gasteiger charge is -2.18. The van der Waals surface area contributed by atoms with E-state index in [2.05, 4.69) is 89.4 Å². The van der Waals surface area contributed by atoms with Crippen molar-refractivity contribution in [2.75, 3.05) is 29.5 Å². The van der Waals surface area contributed by atoms with E-state index in [9.17, 15) is 0 Å². The molecule has 3 aromatic rings. The molecule has 9 heteroatoms. The zero-order valence-electron chi connectivity index (χ0n) is 23.5. The summed E-state index contributed by atoms with van der Waals surface area (Å²) >= 11 is 3.13. The van der Waals surface area contributed by atoms with Gasteiger partial charge in [0.05, 0.1) is 32.5 Å². The summed E-state index contributed by atoms with van der Waals surface area (Å²) in [6.07, 6.45) is 0. The maximum absolute atomic E-state index is 6.44. The Morgan fingerprint density at radius 3 is 1.75 bits per heavy atom. The molecular formula is C27H44N6OS2. The van der Waals surface area contributed by atoms with E-state index in [1.165, 1.54) is 22.1 Å². The number of hydrogen-bond acceptors (Lipinski definition) is 9. The SMILES string of the molecule is CC(C)c1nsc(C(C)CNc2c(C(C)C)noc2C(C)CNc2c(C(C)C)nsc2C(C)C)c1N. The fourth-order valence-electron chi connectivity index (χ4n) is 4.30. The van der Waals surface area contributed by atoms with E-state index in [4.69, 9.17) is 14.6 Å². The van der Waals surface area contributed by atoms with E-state index < -0.39 is 0 Å². The monoisotopic (exact) mass is 532 g/mol. The first-order valence-electron chi connectivity index (χ1n) is 13.1. The van der Waals surface area contributed by atoms with Crippen LogP contribution in [0.4, 0.5) is 17.1 Å². The predicted octanol–water partition coefficient (Wildman–Crippen LogP) is 8.09. The normalized spacial score (nSPS) is 13.8. The summed E-state index contributed by atoms with van der Waals surface area (Å²) in [6.45, 7) is 23.3. The second-order valence-corrected chi connectivity index (χ2v) is 12.8. The van der Waals surface area contributed by atoms with Crippen LogP contribution in [0, 0.1) is 0 Å². The quantitative estimate of drug-likeness (QED) is 0.216. The van der Waals surface area contributed by atoms with Gasteiger partial charge < -0.3 is 20.9 Å². The Morgan fingerprint density at radius 1 is 0.667 bits per heavy atom. The van der Waals surface area contributed by atoms with Crippen LogP contribution in [-0.4, -0.2) is 27.0 Å². The lowest BCUT2D eigenvalue weighted by Crippen LogP contribution is -2.16. The topological polar surface area (TPSA) is 102 Å². The molecule has 3 aromatic heterocycles. The number of nitrogens with zero attached hydrogens (tertiary/aromatic N) is 3. The Labute approximate surface area is 225 Å². The van der Waals surface area contributed by atoms with E-state index in [0.717, 1.165) is 52.2 Å². The first-order chi connectivity index (χ1) is 16.9. The molecule has 3 heterocycles. The number of rotatable bonds is 12. The minimum atomic E-state index is 0.128. The van der Waals surface area contributed by atoms with Gasteiger partial charge in [0, 0.05) is 30.8 Å². The molecule has 2 atom stereocenters. The van der Waals surface area contributed by atoms with Crippen molar-refractivity contribution in [2.24, 2.45) is 0 Å². The zero-order valence-corrected chi connectivity index (χ0v) is 25.2. The molecule has 0 aromatic carbocycles. The second-order valence-electron chi connectivity index (χ2n) is 11.1. The van der Waals surface area contributed by atoms with Crippen LogP contribution in [0.5, 0.6) is 0 Å². The Bertz CT molecular complexity index is 1100. The summed E-state index contributed by atoms with van der Waals surface area (Å²) in [7, 11) is 0. The molecule has 36 heavy (non-hydrogen) atoms. The van der Waals surface area contributed by atoms with Gasteiger partial charge in [-0.3, -0.25) is 0 Å². The van der Waals surface area contributed by atoms with Gasteiger partial charge >= 0.3 is 0 Å². The summed E-state index contributed by atoms with van der Waals surface area (Å²) in [5.41, 5.74) is 12.6. The van der Waals surface area contributed by atoms with Gasteiger partial charge in [0.15, 0.2) is 5.76 Å². The minimum Gasteiger partial charge on any atom is -0.396 e. The Kier molecular flexibility index (Phi) is 9.44. The number of aromatic nitrogens is 3. The molecule has 4 N–H and O–H groups in total. The summed E-state index contributed by atoms with van der Waals surface area (Å²) in [4.78, 5) is 2.44. The molecule has 0 spiro atoms. The summed E-state index contributed by atoms with van der Waals surface area (Å²) < 4.78 is 15.3. The van der Waals surface area contributed by atoms with Crippen molar-refractivity contribution in [1.82, 2.24) is 13.9 Å². The number of hydrogen-bond donors (Lipinski definition) is 3. The second kappa shape index (κ2) is 11.9. The van der Waals surface area contributed by atoms with Crippen LogP contribution in [0.15, 0.2) is 4.52 Å². The standard InChI is InChI=1S/C27H44N6OS2/c1-13(2)20-19(28)27(36-32-20)18(10)12-29-23-21(14(3)4)31-34-25(23)17(9)11-30-24-22(15(5)6)33-35-26(24)16(7)8/h13-18,29-30H,11-12,28H2,1-10H3. The molecule has 3 rings (SSSR count). The molecule has 7 nitrogen and oxygen atoms in total. The highest BCUT2D eigenvalue weighted by Crippen LogP contribution is 2.38. The van der Waals surface area contributed by atoms with Gasteiger partial charge in [-0.2, -0.15) is 8.75 Å².